The van der Waals surface area contributed by atoms with E-state index in [0.29, 0.717) is 37.1 Å². The molecule has 5 rings (SSSR count). The third-order valence-electron chi connectivity index (χ3n) is 10.9. The number of nitrogens with zero attached hydrogens (tertiary/aromatic N) is 3. The number of anilines is 1. The maximum Gasteiger partial charge on any atom is 0.405 e. The highest BCUT2D eigenvalue weighted by Gasteiger charge is 2.53. The van der Waals surface area contributed by atoms with Gasteiger partial charge in [0.2, 0.25) is 23.6 Å². The van der Waals surface area contributed by atoms with Crippen LogP contribution in [0.1, 0.15) is 61.8 Å². The Morgan fingerprint density at radius 2 is 1.02 bits per heavy atom. The first-order valence-electron chi connectivity index (χ1n) is 18.6. The predicted molar refractivity (Wildman–Crippen MR) is 206 cm³/mol. The highest BCUT2D eigenvalue weighted by molar-refractivity contribution is 5.96. The normalized spacial score (nSPS) is 21.2. The molecule has 304 valence electrons. The van der Waals surface area contributed by atoms with E-state index in [1.54, 1.807) is 24.3 Å². The summed E-state index contributed by atoms with van der Waals surface area (Å²) in [4.78, 5) is 80.9. The average Bonchev–Trinajstić information content (AvgIpc) is 3.83. The average molecular weight is 788 g/mol. The second-order valence-electron chi connectivity index (χ2n) is 14.6. The van der Waals surface area contributed by atoms with Gasteiger partial charge in [-0.25, -0.2) is 9.59 Å². The molecule has 2 heterocycles. The van der Waals surface area contributed by atoms with Gasteiger partial charge in [0.1, 0.15) is 23.2 Å². The van der Waals surface area contributed by atoms with Crippen LogP contribution in [0.5, 0.6) is 0 Å². The number of nitrogens with one attached hydrogen (secondary N) is 2. The zero-order chi connectivity index (χ0) is 41.7. The minimum absolute atomic E-state index is 0.133. The molecule has 6 amide bonds. The minimum Gasteiger partial charge on any atom is -0.465 e. The summed E-state index contributed by atoms with van der Waals surface area (Å²) < 4.78 is 0. The van der Waals surface area contributed by atoms with Gasteiger partial charge in [0, 0.05) is 31.9 Å². The van der Waals surface area contributed by atoms with Gasteiger partial charge in [-0.2, -0.15) is 0 Å². The minimum atomic E-state index is -1.56. The number of hydrogen-bond donors (Lipinski definition) is 8. The molecule has 3 aromatic rings. The van der Waals surface area contributed by atoms with Crippen molar-refractivity contribution in [2.75, 3.05) is 18.0 Å². The number of hydrogen-bond acceptors (Lipinski definition) is 9. The van der Waals surface area contributed by atoms with Gasteiger partial charge in [0.15, 0.2) is 0 Å². The lowest BCUT2D eigenvalue weighted by Crippen LogP contribution is -2.60. The molecule has 0 radical (unpaired) electrons. The summed E-state index contributed by atoms with van der Waals surface area (Å²) in [5.41, 5.74) is 12.3. The number of likely N-dealkylation sites (tertiary alicyclic amines) is 2. The standard InChI is InChI=1S/C40H49N7O10/c1-24(48)31(43-37(54)55)33(50)46-20-6-18-39(46,35(41)52)28-14-10-26(11-15-28)22-45(30-8-4-3-5-9-30)23-27-12-16-29(17-13-27)40(36(42)53)19-7-21-47(40)34(51)32(25(2)49)44-38(56)57/h3-5,8-17,24-25,31-32,43-44,48-49H,6-7,18-23H2,1-2H3,(H2,41,52)(H2,42,53)(H,54,55)(H,56,57)/t24-,25-,31-,32-,39-,40-/m0/s1. The Labute approximate surface area is 329 Å². The van der Waals surface area contributed by atoms with Gasteiger partial charge in [0.25, 0.3) is 0 Å². The van der Waals surface area contributed by atoms with Crippen molar-refractivity contribution in [1.82, 2.24) is 20.4 Å². The maximum absolute atomic E-state index is 13.6. The molecule has 17 nitrogen and oxygen atoms in total. The van der Waals surface area contributed by atoms with Gasteiger partial charge in [-0.05, 0) is 73.9 Å². The number of nitrogens with two attached hydrogens (primary N) is 2. The molecule has 2 aliphatic heterocycles. The second-order valence-corrected chi connectivity index (χ2v) is 14.6. The van der Waals surface area contributed by atoms with E-state index in [-0.39, 0.29) is 25.9 Å². The van der Waals surface area contributed by atoms with E-state index in [1.165, 1.54) is 23.6 Å². The summed E-state index contributed by atoms with van der Waals surface area (Å²) >= 11 is 0. The Bertz CT molecular complexity index is 1840. The van der Waals surface area contributed by atoms with Crippen LogP contribution < -0.4 is 27.0 Å². The quantitative estimate of drug-likeness (QED) is 0.109. The molecular formula is C40H49N7O10. The molecular weight excluding hydrogens is 738 g/mol. The zero-order valence-electron chi connectivity index (χ0n) is 31.7. The van der Waals surface area contributed by atoms with Gasteiger partial charge >= 0.3 is 12.2 Å². The lowest BCUT2D eigenvalue weighted by Gasteiger charge is -2.38. The molecule has 0 aliphatic carbocycles. The van der Waals surface area contributed by atoms with Crippen LogP contribution in [0.15, 0.2) is 78.9 Å². The van der Waals surface area contributed by atoms with Gasteiger partial charge < -0.3 is 57.2 Å². The highest BCUT2D eigenvalue weighted by Crippen LogP contribution is 2.41. The third-order valence-corrected chi connectivity index (χ3v) is 10.9. The Morgan fingerprint density at radius 1 is 0.649 bits per heavy atom. The number of carbonyl (C=O) groups is 6. The topological polar surface area (TPSA) is 269 Å². The Hall–Kier alpha value is -6.20. The third kappa shape index (κ3) is 8.49. The van der Waals surface area contributed by atoms with Crippen LogP contribution >= 0.6 is 0 Å². The van der Waals surface area contributed by atoms with E-state index in [2.05, 4.69) is 4.90 Å². The number of aliphatic hydroxyl groups excluding tert-OH is 2. The number of aliphatic hydroxyl groups is 2. The number of benzene rings is 3. The molecule has 3 aromatic carbocycles. The SMILES string of the molecule is C[C@H](O)[C@H](NC(=O)O)C(=O)N1CCC[C@@]1(C(N)=O)c1ccc(CN(Cc2ccc([C@]3(C(N)=O)CCCN3C(=O)[C@@H](NC(=O)O)[C@H](C)O)cc2)c2ccccc2)cc1. The van der Waals surface area contributed by atoms with Gasteiger partial charge in [-0.3, -0.25) is 19.2 Å². The Balaban J connectivity index is 1.41. The zero-order valence-corrected chi connectivity index (χ0v) is 31.7. The number of carbonyl (C=O) groups excluding carboxylic acids is 4. The van der Waals surface area contributed by atoms with Crippen molar-refractivity contribution in [3.8, 4) is 0 Å². The van der Waals surface area contributed by atoms with E-state index in [9.17, 15) is 49.2 Å². The molecule has 2 saturated heterocycles. The molecule has 0 saturated carbocycles. The van der Waals surface area contributed by atoms with Crippen molar-refractivity contribution < 1.29 is 49.2 Å². The molecule has 0 bridgehead atoms. The van der Waals surface area contributed by atoms with E-state index in [0.717, 1.165) is 16.8 Å². The molecule has 2 fully saturated rings. The van der Waals surface area contributed by atoms with Crippen molar-refractivity contribution in [3.05, 3.63) is 101 Å². The number of para-hydroxylation sites is 1. The first-order valence-corrected chi connectivity index (χ1v) is 18.6. The van der Waals surface area contributed by atoms with Crippen LogP contribution in [0.25, 0.3) is 0 Å². The van der Waals surface area contributed by atoms with Crippen molar-refractivity contribution in [2.45, 2.75) is 88.0 Å². The van der Waals surface area contributed by atoms with Gasteiger partial charge in [-0.15, -0.1) is 0 Å². The maximum atomic E-state index is 13.6. The molecule has 0 spiro atoms. The Kier molecular flexibility index (Phi) is 12.7. The summed E-state index contributed by atoms with van der Waals surface area (Å²) in [6.45, 7) is 3.63. The fourth-order valence-corrected chi connectivity index (χ4v) is 8.10. The van der Waals surface area contributed by atoms with Crippen molar-refractivity contribution >= 4 is 41.5 Å². The van der Waals surface area contributed by atoms with E-state index in [1.807, 2.05) is 65.2 Å². The fourth-order valence-electron chi connectivity index (χ4n) is 8.10. The lowest BCUT2D eigenvalue weighted by molar-refractivity contribution is -0.147. The number of amides is 6. The van der Waals surface area contributed by atoms with Crippen LogP contribution in [-0.4, -0.2) is 103 Å². The van der Waals surface area contributed by atoms with Crippen molar-refractivity contribution in [3.63, 3.8) is 0 Å². The van der Waals surface area contributed by atoms with Crippen molar-refractivity contribution in [2.24, 2.45) is 11.5 Å². The monoisotopic (exact) mass is 787 g/mol. The van der Waals surface area contributed by atoms with Crippen LogP contribution in [-0.2, 0) is 43.3 Å². The molecule has 57 heavy (non-hydrogen) atoms. The van der Waals surface area contributed by atoms with Crippen LogP contribution in [0.4, 0.5) is 15.3 Å². The largest absolute Gasteiger partial charge is 0.465 e. The second kappa shape index (κ2) is 17.3. The van der Waals surface area contributed by atoms with Crippen molar-refractivity contribution in [1.29, 1.82) is 0 Å². The predicted octanol–water partition coefficient (Wildman–Crippen LogP) is 1.53. The summed E-state index contributed by atoms with van der Waals surface area (Å²) in [7, 11) is 0. The smallest absolute Gasteiger partial charge is 0.405 e. The van der Waals surface area contributed by atoms with Gasteiger partial charge in [-0.1, -0.05) is 66.7 Å². The number of rotatable bonds is 15. The lowest BCUT2D eigenvalue weighted by atomic mass is 9.85. The fraction of sp³-hybridized carbons (Fsp3) is 0.400. The first kappa shape index (κ1) is 42.0. The first-order chi connectivity index (χ1) is 27.0. The summed E-state index contributed by atoms with van der Waals surface area (Å²) in [6.07, 6.45) is -4.46. The van der Waals surface area contributed by atoms with E-state index in [4.69, 9.17) is 11.5 Å². The molecule has 6 atom stereocenters. The van der Waals surface area contributed by atoms with E-state index < -0.39 is 71.2 Å². The van der Waals surface area contributed by atoms with Gasteiger partial charge in [0.05, 0.1) is 12.2 Å². The van der Waals surface area contributed by atoms with Crippen LogP contribution in [0, 0.1) is 0 Å². The summed E-state index contributed by atoms with van der Waals surface area (Å²) in [6, 6.07) is 20.8. The molecule has 2 aliphatic rings. The molecule has 0 unspecified atom stereocenters. The highest BCUT2D eigenvalue weighted by atomic mass is 16.4. The molecule has 10 N–H and O–H groups in total. The number of primary amides is 2. The summed E-state index contributed by atoms with van der Waals surface area (Å²) in [5, 5.41) is 43.1. The molecule has 17 heteroatoms. The summed E-state index contributed by atoms with van der Waals surface area (Å²) in [5.74, 6) is -3.08. The van der Waals surface area contributed by atoms with Crippen LogP contribution in [0.2, 0.25) is 0 Å². The van der Waals surface area contributed by atoms with Crippen LogP contribution in [0.3, 0.4) is 0 Å². The number of carboxylic acid groups (broad SMARTS) is 2. The Morgan fingerprint density at radius 3 is 1.33 bits per heavy atom. The molecule has 0 aromatic heterocycles. The van der Waals surface area contributed by atoms with E-state index >= 15 is 0 Å².